The van der Waals surface area contributed by atoms with Gasteiger partial charge in [-0.1, -0.05) is 164 Å². The highest BCUT2D eigenvalue weighted by Crippen LogP contribution is 2.53. The zero-order valence-electron chi connectivity index (χ0n) is 31.4. The van der Waals surface area contributed by atoms with E-state index < -0.39 is 0 Å². The maximum absolute atomic E-state index is 6.16. The fourth-order valence-corrected chi connectivity index (χ4v) is 8.93. The van der Waals surface area contributed by atoms with Crippen LogP contribution in [0.3, 0.4) is 0 Å². The van der Waals surface area contributed by atoms with Crippen LogP contribution in [-0.2, 0) is 5.41 Å². The topological polar surface area (TPSA) is 38.9 Å². The van der Waals surface area contributed by atoms with Gasteiger partial charge in [-0.25, -0.2) is 9.97 Å². The predicted molar refractivity (Wildman–Crippen MR) is 234 cm³/mol. The van der Waals surface area contributed by atoms with E-state index in [2.05, 4.69) is 177 Å². The van der Waals surface area contributed by atoms with E-state index in [9.17, 15) is 0 Å². The number of aromatic nitrogens is 2. The van der Waals surface area contributed by atoms with E-state index >= 15 is 0 Å². The Morgan fingerprint density at radius 1 is 0.368 bits per heavy atom. The van der Waals surface area contributed by atoms with Crippen molar-refractivity contribution in [2.45, 2.75) is 12.3 Å². The van der Waals surface area contributed by atoms with Crippen LogP contribution in [0.5, 0.6) is 0 Å². The molecule has 10 aromatic rings. The van der Waals surface area contributed by atoms with Gasteiger partial charge in [0.2, 0.25) is 0 Å². The standard InChI is InChI=1S/C54H36N2O/c1-54(40-19-6-3-7-20-40)47-25-12-10-23-43(47)45-33-39(27-29-48(45)54)50-34-49(55-53(56-50)35-15-4-2-5-16-35)38-18-14-17-36(31-38)41-21-8-9-22-42(41)37-28-30-52-46(32-37)44-24-11-13-26-51(44)57-52/h2-34H,1H3. The van der Waals surface area contributed by atoms with Gasteiger partial charge in [-0.3, -0.25) is 0 Å². The number of hydrogen-bond donors (Lipinski definition) is 0. The first-order chi connectivity index (χ1) is 28.1. The third-order valence-corrected chi connectivity index (χ3v) is 11.8. The summed E-state index contributed by atoms with van der Waals surface area (Å²) in [5.41, 5.74) is 17.4. The highest BCUT2D eigenvalue weighted by molar-refractivity contribution is 6.06. The molecule has 0 spiro atoms. The van der Waals surface area contributed by atoms with Gasteiger partial charge < -0.3 is 4.42 Å². The number of fused-ring (bicyclic) bond motifs is 6. The molecule has 0 saturated carbocycles. The summed E-state index contributed by atoms with van der Waals surface area (Å²) >= 11 is 0. The lowest BCUT2D eigenvalue weighted by atomic mass is 9.74. The molecule has 1 unspecified atom stereocenters. The molecule has 268 valence electrons. The van der Waals surface area contributed by atoms with E-state index in [-0.39, 0.29) is 5.41 Å². The Balaban J connectivity index is 1.04. The minimum Gasteiger partial charge on any atom is -0.456 e. The molecule has 0 saturated heterocycles. The summed E-state index contributed by atoms with van der Waals surface area (Å²) < 4.78 is 6.16. The molecule has 3 nitrogen and oxygen atoms in total. The van der Waals surface area contributed by atoms with Gasteiger partial charge in [-0.05, 0) is 93.4 Å². The first-order valence-electron chi connectivity index (χ1n) is 19.5. The van der Waals surface area contributed by atoms with Crippen LogP contribution in [0.4, 0.5) is 0 Å². The number of furan rings is 1. The van der Waals surface area contributed by atoms with Crippen molar-refractivity contribution in [3.63, 3.8) is 0 Å². The van der Waals surface area contributed by atoms with Gasteiger partial charge in [-0.15, -0.1) is 0 Å². The van der Waals surface area contributed by atoms with Crippen molar-refractivity contribution < 1.29 is 4.42 Å². The van der Waals surface area contributed by atoms with Gasteiger partial charge >= 0.3 is 0 Å². The van der Waals surface area contributed by atoms with E-state index in [4.69, 9.17) is 14.4 Å². The molecule has 1 atom stereocenters. The number of hydrogen-bond acceptors (Lipinski definition) is 3. The minimum absolute atomic E-state index is 0.257. The van der Waals surface area contributed by atoms with Gasteiger partial charge in [-0.2, -0.15) is 0 Å². The molecule has 57 heavy (non-hydrogen) atoms. The van der Waals surface area contributed by atoms with Gasteiger partial charge in [0.1, 0.15) is 11.2 Å². The predicted octanol–water partition coefficient (Wildman–Crippen LogP) is 14.0. The molecule has 3 heteroatoms. The molecule has 2 heterocycles. The molecular formula is C54H36N2O. The van der Waals surface area contributed by atoms with E-state index in [0.717, 1.165) is 72.3 Å². The average Bonchev–Trinajstić information content (AvgIpc) is 3.79. The summed E-state index contributed by atoms with van der Waals surface area (Å²) in [6.07, 6.45) is 0. The maximum atomic E-state index is 6.16. The van der Waals surface area contributed by atoms with E-state index in [1.54, 1.807) is 0 Å². The normalized spacial score (nSPS) is 14.5. The van der Waals surface area contributed by atoms with Crippen molar-refractivity contribution in [3.05, 3.63) is 217 Å². The Morgan fingerprint density at radius 3 is 1.72 bits per heavy atom. The van der Waals surface area contributed by atoms with Crippen molar-refractivity contribution in [1.82, 2.24) is 9.97 Å². The summed E-state index contributed by atoms with van der Waals surface area (Å²) in [4.78, 5) is 10.5. The summed E-state index contributed by atoms with van der Waals surface area (Å²) in [5.74, 6) is 0.699. The van der Waals surface area contributed by atoms with Crippen molar-refractivity contribution in [2.75, 3.05) is 0 Å². The number of nitrogens with zero attached hydrogens (tertiary/aromatic N) is 2. The van der Waals surface area contributed by atoms with Crippen LogP contribution in [0.2, 0.25) is 0 Å². The third-order valence-electron chi connectivity index (χ3n) is 11.8. The Kier molecular flexibility index (Phi) is 7.61. The molecule has 0 bridgehead atoms. The van der Waals surface area contributed by atoms with E-state index in [1.807, 2.05) is 30.3 Å². The van der Waals surface area contributed by atoms with Gasteiger partial charge in [0, 0.05) is 32.9 Å². The Bertz CT molecular complexity index is 3140. The molecule has 0 amide bonds. The van der Waals surface area contributed by atoms with Crippen molar-refractivity contribution in [2.24, 2.45) is 0 Å². The van der Waals surface area contributed by atoms with Gasteiger partial charge in [0.05, 0.1) is 11.4 Å². The Hall–Kier alpha value is -7.36. The second-order valence-electron chi connectivity index (χ2n) is 15.1. The van der Waals surface area contributed by atoms with Crippen molar-refractivity contribution in [3.8, 4) is 67.3 Å². The molecule has 1 aliphatic rings. The lowest BCUT2D eigenvalue weighted by Crippen LogP contribution is -2.22. The lowest BCUT2D eigenvalue weighted by Gasteiger charge is -2.28. The van der Waals surface area contributed by atoms with E-state index in [0.29, 0.717) is 5.82 Å². The van der Waals surface area contributed by atoms with Crippen molar-refractivity contribution >= 4 is 21.9 Å². The monoisotopic (exact) mass is 728 g/mol. The molecule has 1 aliphatic carbocycles. The molecule has 0 aliphatic heterocycles. The van der Waals surface area contributed by atoms with Crippen LogP contribution in [0.25, 0.3) is 89.2 Å². The van der Waals surface area contributed by atoms with Crippen LogP contribution < -0.4 is 0 Å². The van der Waals surface area contributed by atoms with Crippen LogP contribution >= 0.6 is 0 Å². The summed E-state index contributed by atoms with van der Waals surface area (Å²) in [6, 6.07) is 71.1. The van der Waals surface area contributed by atoms with Crippen molar-refractivity contribution in [1.29, 1.82) is 0 Å². The zero-order valence-corrected chi connectivity index (χ0v) is 31.4. The number of rotatable bonds is 6. The van der Waals surface area contributed by atoms with Crippen LogP contribution in [0, 0.1) is 0 Å². The lowest BCUT2D eigenvalue weighted by molar-refractivity contribution is 0.669. The van der Waals surface area contributed by atoms with Crippen LogP contribution in [0.15, 0.2) is 205 Å². The zero-order chi connectivity index (χ0) is 37.9. The average molecular weight is 729 g/mol. The maximum Gasteiger partial charge on any atom is 0.160 e. The minimum atomic E-state index is -0.257. The fourth-order valence-electron chi connectivity index (χ4n) is 8.93. The molecule has 0 N–H and O–H groups in total. The number of benzene rings is 8. The van der Waals surface area contributed by atoms with Gasteiger partial charge in [0.15, 0.2) is 5.82 Å². The molecule has 11 rings (SSSR count). The van der Waals surface area contributed by atoms with Crippen LogP contribution in [0.1, 0.15) is 23.6 Å². The largest absolute Gasteiger partial charge is 0.456 e. The highest BCUT2D eigenvalue weighted by atomic mass is 16.3. The SMILES string of the molecule is CC1(c2ccccc2)c2ccccc2-c2cc(-c3cc(-c4cccc(-c5ccccc5-c5ccc6oc7ccccc7c6c5)c4)nc(-c4ccccc4)n3)ccc21. The Morgan fingerprint density at radius 2 is 0.930 bits per heavy atom. The van der Waals surface area contributed by atoms with Crippen LogP contribution in [-0.4, -0.2) is 9.97 Å². The first kappa shape index (κ1) is 33.0. The quantitative estimate of drug-likeness (QED) is 0.171. The highest BCUT2D eigenvalue weighted by Gasteiger charge is 2.40. The smallest absolute Gasteiger partial charge is 0.160 e. The second kappa shape index (κ2) is 13.1. The molecule has 8 aromatic carbocycles. The van der Waals surface area contributed by atoms with E-state index in [1.165, 1.54) is 27.8 Å². The molecule has 0 fully saturated rings. The summed E-state index contributed by atoms with van der Waals surface area (Å²) in [6.45, 7) is 2.35. The Labute approximate surface area is 331 Å². The fraction of sp³-hybridized carbons (Fsp3) is 0.0370. The van der Waals surface area contributed by atoms with Gasteiger partial charge in [0.25, 0.3) is 0 Å². The second-order valence-corrected chi connectivity index (χ2v) is 15.1. The number of para-hydroxylation sites is 1. The summed E-state index contributed by atoms with van der Waals surface area (Å²) in [5, 5.41) is 2.24. The third kappa shape index (κ3) is 5.43. The molecular weight excluding hydrogens is 693 g/mol. The molecule has 2 aromatic heterocycles. The first-order valence-corrected chi connectivity index (χ1v) is 19.5. The summed E-state index contributed by atoms with van der Waals surface area (Å²) in [7, 11) is 0. The molecule has 0 radical (unpaired) electrons.